The maximum Gasteiger partial charge on any atom is 0.318 e. The summed E-state index contributed by atoms with van der Waals surface area (Å²) in [6, 6.07) is 1.52. The van der Waals surface area contributed by atoms with Crippen LogP contribution in [0.1, 0.15) is 25.3 Å². The van der Waals surface area contributed by atoms with Crippen molar-refractivity contribution >= 4 is 16.0 Å². The quantitative estimate of drug-likeness (QED) is 0.799. The lowest BCUT2D eigenvalue weighted by Crippen LogP contribution is -2.38. The van der Waals surface area contributed by atoms with E-state index in [9.17, 15) is 13.2 Å². The molecular formula is C11H18N2O5S. The molecule has 1 aromatic rings. The molecule has 0 aliphatic heterocycles. The summed E-state index contributed by atoms with van der Waals surface area (Å²) in [5, 5.41) is 12.4. The van der Waals surface area contributed by atoms with Gasteiger partial charge in [-0.25, -0.2) is 8.42 Å². The molecule has 0 saturated heterocycles. The first-order valence-electron chi connectivity index (χ1n) is 5.82. The molecule has 0 aromatic carbocycles. The van der Waals surface area contributed by atoms with Gasteiger partial charge >= 0.3 is 5.97 Å². The third-order valence-corrected chi connectivity index (χ3v) is 4.01. The van der Waals surface area contributed by atoms with E-state index in [-0.39, 0.29) is 23.9 Å². The second kappa shape index (κ2) is 6.16. The highest BCUT2D eigenvalue weighted by molar-refractivity contribution is 7.88. The van der Waals surface area contributed by atoms with Gasteiger partial charge in [-0.15, -0.1) is 0 Å². The van der Waals surface area contributed by atoms with E-state index in [0.717, 1.165) is 4.31 Å². The van der Waals surface area contributed by atoms with E-state index in [1.165, 1.54) is 6.07 Å². The van der Waals surface area contributed by atoms with Crippen LogP contribution < -0.4 is 0 Å². The number of carboxylic acid groups (broad SMARTS) is 1. The number of aryl methyl sites for hydroxylation is 1. The fourth-order valence-corrected chi connectivity index (χ4v) is 3.12. The summed E-state index contributed by atoms with van der Waals surface area (Å²) in [6.07, 6.45) is 0. The number of aliphatic carboxylic acids is 1. The molecule has 19 heavy (non-hydrogen) atoms. The smallest absolute Gasteiger partial charge is 0.318 e. The van der Waals surface area contributed by atoms with Gasteiger partial charge in [0.15, 0.2) is 0 Å². The van der Waals surface area contributed by atoms with Crippen LogP contribution in [0.5, 0.6) is 0 Å². The Labute approximate surface area is 112 Å². The number of carbonyl (C=O) groups is 1. The lowest BCUT2D eigenvalue weighted by atomic mass is 10.2. The van der Waals surface area contributed by atoms with Crippen LogP contribution in [0.4, 0.5) is 0 Å². The molecule has 1 aromatic heterocycles. The standard InChI is InChI=1S/C11H18N2O5S/c1-8(2)5-13(6-11(14)15)19(16,17)7-10-4-9(3)18-12-10/h4,8H,5-7H2,1-3H3,(H,14,15). The molecule has 8 heteroatoms. The topological polar surface area (TPSA) is 101 Å². The Kier molecular flexibility index (Phi) is 5.07. The molecule has 1 rings (SSSR count). The minimum Gasteiger partial charge on any atom is -0.480 e. The first-order chi connectivity index (χ1) is 8.70. The van der Waals surface area contributed by atoms with E-state index in [4.69, 9.17) is 9.63 Å². The molecule has 0 aliphatic carbocycles. The zero-order valence-corrected chi connectivity index (χ0v) is 12.0. The molecule has 108 valence electrons. The summed E-state index contributed by atoms with van der Waals surface area (Å²) < 4.78 is 30.1. The van der Waals surface area contributed by atoms with Gasteiger partial charge in [0.25, 0.3) is 0 Å². The van der Waals surface area contributed by atoms with Gasteiger partial charge in [-0.3, -0.25) is 4.79 Å². The fourth-order valence-electron chi connectivity index (χ4n) is 1.60. The van der Waals surface area contributed by atoms with E-state index >= 15 is 0 Å². The summed E-state index contributed by atoms with van der Waals surface area (Å²) in [4.78, 5) is 10.8. The summed E-state index contributed by atoms with van der Waals surface area (Å²) in [5.74, 6) is -0.989. The van der Waals surface area contributed by atoms with Crippen LogP contribution in [0.2, 0.25) is 0 Å². The van der Waals surface area contributed by atoms with Crippen molar-refractivity contribution in [2.24, 2.45) is 5.92 Å². The van der Waals surface area contributed by atoms with E-state index in [1.54, 1.807) is 6.92 Å². The van der Waals surface area contributed by atoms with Gasteiger partial charge in [0, 0.05) is 12.6 Å². The fraction of sp³-hybridized carbons (Fsp3) is 0.636. The molecule has 0 saturated carbocycles. The lowest BCUT2D eigenvalue weighted by Gasteiger charge is -2.21. The van der Waals surface area contributed by atoms with E-state index in [2.05, 4.69) is 5.16 Å². The van der Waals surface area contributed by atoms with Crippen molar-refractivity contribution in [3.63, 3.8) is 0 Å². The average molecular weight is 290 g/mol. The Morgan fingerprint density at radius 2 is 2.16 bits per heavy atom. The minimum atomic E-state index is -3.72. The van der Waals surface area contributed by atoms with Gasteiger partial charge < -0.3 is 9.63 Å². The van der Waals surface area contributed by atoms with Crippen molar-refractivity contribution in [2.45, 2.75) is 26.5 Å². The molecule has 0 fully saturated rings. The highest BCUT2D eigenvalue weighted by Crippen LogP contribution is 2.13. The van der Waals surface area contributed by atoms with Crippen LogP contribution in [0.3, 0.4) is 0 Å². The Hall–Kier alpha value is -1.41. The van der Waals surface area contributed by atoms with Crippen molar-refractivity contribution in [1.29, 1.82) is 0 Å². The molecule has 0 radical (unpaired) electrons. The van der Waals surface area contributed by atoms with Crippen molar-refractivity contribution in [1.82, 2.24) is 9.46 Å². The van der Waals surface area contributed by atoms with Crippen molar-refractivity contribution in [2.75, 3.05) is 13.1 Å². The van der Waals surface area contributed by atoms with Crippen LogP contribution in [0, 0.1) is 12.8 Å². The highest BCUT2D eigenvalue weighted by atomic mass is 32.2. The second-order valence-electron chi connectivity index (χ2n) is 4.77. The molecule has 0 atom stereocenters. The summed E-state index contributed by atoms with van der Waals surface area (Å²) in [5.41, 5.74) is 0.275. The molecule has 0 spiro atoms. The molecule has 0 aliphatic rings. The average Bonchev–Trinajstić information content (AvgIpc) is 2.60. The zero-order chi connectivity index (χ0) is 14.6. The van der Waals surface area contributed by atoms with Crippen LogP contribution in [0.25, 0.3) is 0 Å². The SMILES string of the molecule is Cc1cc(CS(=O)(=O)N(CC(=O)O)CC(C)C)no1. The molecule has 0 unspecified atom stereocenters. The monoisotopic (exact) mass is 290 g/mol. The third kappa shape index (κ3) is 4.99. The number of nitrogens with zero attached hydrogens (tertiary/aromatic N) is 2. The van der Waals surface area contributed by atoms with Gasteiger partial charge in [0.1, 0.15) is 23.8 Å². The van der Waals surface area contributed by atoms with E-state index in [0.29, 0.717) is 5.76 Å². The number of aromatic nitrogens is 1. The third-order valence-electron chi connectivity index (χ3n) is 2.28. The molecule has 1 heterocycles. The Morgan fingerprint density at radius 3 is 2.58 bits per heavy atom. The van der Waals surface area contributed by atoms with Crippen LogP contribution in [-0.4, -0.2) is 42.0 Å². The number of rotatable bonds is 7. The maximum absolute atomic E-state index is 12.2. The van der Waals surface area contributed by atoms with Crippen LogP contribution in [0.15, 0.2) is 10.6 Å². The number of hydrogen-bond donors (Lipinski definition) is 1. The predicted molar refractivity (Wildman–Crippen MR) is 67.9 cm³/mol. The molecule has 0 bridgehead atoms. The Balaban J connectivity index is 2.88. The summed E-state index contributed by atoms with van der Waals surface area (Å²) in [6.45, 7) is 4.92. The van der Waals surface area contributed by atoms with Gasteiger partial charge in [-0.05, 0) is 12.8 Å². The van der Waals surface area contributed by atoms with Crippen molar-refractivity contribution in [3.8, 4) is 0 Å². The lowest BCUT2D eigenvalue weighted by molar-refractivity contribution is -0.137. The second-order valence-corrected chi connectivity index (χ2v) is 6.73. The first-order valence-corrected chi connectivity index (χ1v) is 7.43. The maximum atomic E-state index is 12.2. The Morgan fingerprint density at radius 1 is 1.53 bits per heavy atom. The summed E-state index contributed by atoms with van der Waals surface area (Å²) in [7, 11) is -3.72. The predicted octanol–water partition coefficient (Wildman–Crippen LogP) is 0.855. The van der Waals surface area contributed by atoms with Gasteiger partial charge in [0.2, 0.25) is 10.0 Å². The van der Waals surface area contributed by atoms with Gasteiger partial charge in [-0.1, -0.05) is 19.0 Å². The zero-order valence-electron chi connectivity index (χ0n) is 11.2. The Bertz CT molecular complexity index is 535. The van der Waals surface area contributed by atoms with Crippen LogP contribution in [-0.2, 0) is 20.6 Å². The molecular weight excluding hydrogens is 272 g/mol. The molecule has 1 N–H and O–H groups in total. The number of carboxylic acids is 1. The van der Waals surface area contributed by atoms with Crippen molar-refractivity contribution < 1.29 is 22.8 Å². The molecule has 0 amide bonds. The van der Waals surface area contributed by atoms with Gasteiger partial charge in [-0.2, -0.15) is 4.31 Å². The van der Waals surface area contributed by atoms with Gasteiger partial charge in [0.05, 0.1) is 0 Å². The summed E-state index contributed by atoms with van der Waals surface area (Å²) >= 11 is 0. The normalized spacial score (nSPS) is 12.3. The molecule has 7 nitrogen and oxygen atoms in total. The van der Waals surface area contributed by atoms with E-state index < -0.39 is 22.5 Å². The largest absolute Gasteiger partial charge is 0.480 e. The van der Waals surface area contributed by atoms with E-state index in [1.807, 2.05) is 13.8 Å². The van der Waals surface area contributed by atoms with Crippen LogP contribution >= 0.6 is 0 Å². The minimum absolute atomic E-state index is 0.0353. The number of sulfonamides is 1. The van der Waals surface area contributed by atoms with Crippen molar-refractivity contribution in [3.05, 3.63) is 17.5 Å². The highest BCUT2D eigenvalue weighted by Gasteiger charge is 2.26. The first kappa shape index (κ1) is 15.6. The number of hydrogen-bond acceptors (Lipinski definition) is 5.